The molecule has 2 atom stereocenters. The first-order chi connectivity index (χ1) is 6.59. The Bertz CT molecular complexity index is 396. The van der Waals surface area contributed by atoms with Crippen molar-refractivity contribution in [3.05, 3.63) is 28.0 Å². The normalized spacial score (nSPS) is 24.6. The first kappa shape index (κ1) is 8.74. The highest BCUT2D eigenvalue weighted by Gasteiger charge is 2.46. The highest BCUT2D eigenvalue weighted by Crippen LogP contribution is 2.48. The maximum absolute atomic E-state index is 10.5. The average Bonchev–Trinajstić information content (AvgIpc) is 2.76. The van der Waals surface area contributed by atoms with Gasteiger partial charge in [-0.2, -0.15) is 0 Å². The second-order valence-electron chi connectivity index (χ2n) is 3.22. The lowest BCUT2D eigenvalue weighted by atomic mass is 10.2. The van der Waals surface area contributed by atoms with Crippen molar-refractivity contribution in [3.8, 4) is 0 Å². The number of nitrogens with zero attached hydrogens (tertiary/aromatic N) is 1. The minimum atomic E-state index is -0.881. The molecule has 0 aromatic carbocycles. The van der Waals surface area contributed by atoms with E-state index in [-0.39, 0.29) is 11.8 Å². The van der Waals surface area contributed by atoms with Gasteiger partial charge in [-0.25, -0.2) is 0 Å². The van der Waals surface area contributed by atoms with Crippen LogP contribution in [0, 0.1) is 16.0 Å². The Hall–Kier alpha value is -1.85. The summed E-state index contributed by atoms with van der Waals surface area (Å²) in [5, 5.41) is 18.9. The van der Waals surface area contributed by atoms with E-state index in [1.165, 1.54) is 12.1 Å². The fourth-order valence-corrected chi connectivity index (χ4v) is 1.42. The van der Waals surface area contributed by atoms with Crippen molar-refractivity contribution in [3.63, 3.8) is 0 Å². The van der Waals surface area contributed by atoms with E-state index < -0.39 is 16.8 Å². The van der Waals surface area contributed by atoms with Crippen molar-refractivity contribution in [1.29, 1.82) is 0 Å². The Balaban J connectivity index is 2.12. The molecule has 0 radical (unpaired) electrons. The van der Waals surface area contributed by atoms with E-state index in [1.54, 1.807) is 0 Å². The quantitative estimate of drug-likeness (QED) is 0.583. The third-order valence-electron chi connectivity index (χ3n) is 2.27. The van der Waals surface area contributed by atoms with Crippen LogP contribution in [0.2, 0.25) is 0 Å². The van der Waals surface area contributed by atoms with Gasteiger partial charge in [-0.1, -0.05) is 0 Å². The van der Waals surface area contributed by atoms with Crippen molar-refractivity contribution < 1.29 is 19.2 Å². The Kier molecular flexibility index (Phi) is 1.77. The molecule has 0 aliphatic heterocycles. The predicted molar refractivity (Wildman–Crippen MR) is 43.8 cm³/mol. The monoisotopic (exact) mass is 197 g/mol. The number of hydrogen-bond acceptors (Lipinski definition) is 4. The molecule has 1 aliphatic carbocycles. The molecule has 1 fully saturated rings. The molecule has 2 rings (SSSR count). The number of carbonyl (C=O) groups is 1. The molecule has 74 valence electrons. The maximum Gasteiger partial charge on any atom is 0.433 e. The van der Waals surface area contributed by atoms with Crippen LogP contribution >= 0.6 is 0 Å². The van der Waals surface area contributed by atoms with E-state index in [2.05, 4.69) is 0 Å². The smallest absolute Gasteiger partial charge is 0.433 e. The van der Waals surface area contributed by atoms with Crippen LogP contribution in [0.4, 0.5) is 5.88 Å². The van der Waals surface area contributed by atoms with Gasteiger partial charge in [0, 0.05) is 5.92 Å². The van der Waals surface area contributed by atoms with Crippen LogP contribution in [-0.4, -0.2) is 16.0 Å². The summed E-state index contributed by atoms with van der Waals surface area (Å²) in [5.74, 6) is -1.46. The van der Waals surface area contributed by atoms with Crippen molar-refractivity contribution in [2.75, 3.05) is 0 Å². The molecule has 14 heavy (non-hydrogen) atoms. The van der Waals surface area contributed by atoms with E-state index in [4.69, 9.17) is 9.52 Å². The number of carboxylic acid groups (broad SMARTS) is 1. The zero-order chi connectivity index (χ0) is 10.3. The third kappa shape index (κ3) is 1.34. The summed E-state index contributed by atoms with van der Waals surface area (Å²) < 4.78 is 4.89. The van der Waals surface area contributed by atoms with Crippen LogP contribution in [0.25, 0.3) is 0 Å². The summed E-state index contributed by atoms with van der Waals surface area (Å²) in [4.78, 5) is 20.1. The molecule has 0 saturated heterocycles. The number of rotatable bonds is 3. The molecule has 1 N–H and O–H groups in total. The van der Waals surface area contributed by atoms with Gasteiger partial charge in [0.05, 0.1) is 12.0 Å². The maximum atomic E-state index is 10.5. The second kappa shape index (κ2) is 2.83. The summed E-state index contributed by atoms with van der Waals surface area (Å²) in [7, 11) is 0. The van der Waals surface area contributed by atoms with Crippen LogP contribution in [0.3, 0.4) is 0 Å². The minimum absolute atomic E-state index is 0.193. The number of hydrogen-bond donors (Lipinski definition) is 1. The minimum Gasteiger partial charge on any atom is -0.481 e. The topological polar surface area (TPSA) is 93.6 Å². The fraction of sp³-hybridized carbons (Fsp3) is 0.375. The predicted octanol–water partition coefficient (Wildman–Crippen LogP) is 1.38. The van der Waals surface area contributed by atoms with E-state index in [0.717, 1.165) is 0 Å². The molecule has 0 amide bonds. The van der Waals surface area contributed by atoms with Crippen LogP contribution in [0.1, 0.15) is 18.1 Å². The van der Waals surface area contributed by atoms with Gasteiger partial charge in [0.2, 0.25) is 0 Å². The lowest BCUT2D eigenvalue weighted by Crippen LogP contribution is -1.98. The molecule has 0 spiro atoms. The number of carboxylic acids is 1. The highest BCUT2D eigenvalue weighted by atomic mass is 16.6. The van der Waals surface area contributed by atoms with E-state index in [1.807, 2.05) is 0 Å². The summed E-state index contributed by atoms with van der Waals surface area (Å²) >= 11 is 0. The number of aliphatic carboxylic acids is 1. The van der Waals surface area contributed by atoms with E-state index >= 15 is 0 Å². The third-order valence-corrected chi connectivity index (χ3v) is 2.27. The summed E-state index contributed by atoms with van der Waals surface area (Å²) in [6.07, 6.45) is 0.500. The first-order valence-corrected chi connectivity index (χ1v) is 4.06. The van der Waals surface area contributed by atoms with Crippen molar-refractivity contribution >= 4 is 11.9 Å². The van der Waals surface area contributed by atoms with Gasteiger partial charge in [-0.05, 0) is 12.5 Å². The van der Waals surface area contributed by atoms with Crippen LogP contribution < -0.4 is 0 Å². The van der Waals surface area contributed by atoms with E-state index in [9.17, 15) is 14.9 Å². The van der Waals surface area contributed by atoms with Gasteiger partial charge in [0.25, 0.3) is 0 Å². The van der Waals surface area contributed by atoms with Gasteiger partial charge in [0.1, 0.15) is 10.7 Å². The molecule has 0 unspecified atom stereocenters. The molecular weight excluding hydrogens is 190 g/mol. The lowest BCUT2D eigenvalue weighted by Gasteiger charge is -1.89. The first-order valence-electron chi connectivity index (χ1n) is 4.06. The standard InChI is InChI=1S/C8H7NO5/c10-8(11)5-3-4(5)6-1-2-7(14-6)9(12)13/h1-2,4-5H,3H2,(H,10,11)/t4-,5-/m1/s1. The van der Waals surface area contributed by atoms with Gasteiger partial charge < -0.3 is 9.52 Å². The molecule has 1 aliphatic rings. The molecule has 6 heteroatoms. The largest absolute Gasteiger partial charge is 0.481 e. The van der Waals surface area contributed by atoms with Gasteiger partial charge >= 0.3 is 11.9 Å². The highest BCUT2D eigenvalue weighted by molar-refractivity contribution is 5.74. The lowest BCUT2D eigenvalue weighted by molar-refractivity contribution is -0.402. The van der Waals surface area contributed by atoms with Gasteiger partial charge in [-0.3, -0.25) is 14.9 Å². The zero-order valence-corrected chi connectivity index (χ0v) is 7.04. The average molecular weight is 197 g/mol. The van der Waals surface area contributed by atoms with E-state index in [0.29, 0.717) is 12.2 Å². The fourth-order valence-electron chi connectivity index (χ4n) is 1.42. The molecule has 0 bridgehead atoms. The molecule has 1 heterocycles. The summed E-state index contributed by atoms with van der Waals surface area (Å²) in [5.41, 5.74) is 0. The summed E-state index contributed by atoms with van der Waals surface area (Å²) in [6, 6.07) is 2.71. The number of nitro groups is 1. The van der Waals surface area contributed by atoms with Crippen molar-refractivity contribution in [1.82, 2.24) is 0 Å². The molecule has 1 saturated carbocycles. The Morgan fingerprint density at radius 3 is 2.79 bits per heavy atom. The van der Waals surface area contributed by atoms with Gasteiger partial charge in [0.15, 0.2) is 0 Å². The molecule has 6 nitrogen and oxygen atoms in total. The van der Waals surface area contributed by atoms with Crippen molar-refractivity contribution in [2.45, 2.75) is 12.3 Å². The Morgan fingerprint density at radius 2 is 2.36 bits per heavy atom. The van der Waals surface area contributed by atoms with Crippen LogP contribution in [0.5, 0.6) is 0 Å². The summed E-state index contributed by atoms with van der Waals surface area (Å²) in [6.45, 7) is 0. The zero-order valence-electron chi connectivity index (χ0n) is 7.04. The molecule has 1 aromatic rings. The second-order valence-corrected chi connectivity index (χ2v) is 3.22. The molecule has 1 aromatic heterocycles. The number of furan rings is 1. The Morgan fingerprint density at radius 1 is 1.64 bits per heavy atom. The SMILES string of the molecule is O=C(O)[C@@H]1C[C@H]1c1ccc([N+](=O)[O-])o1. The van der Waals surface area contributed by atoms with Crippen molar-refractivity contribution in [2.24, 2.45) is 5.92 Å². The Labute approximate surface area is 78.3 Å². The van der Waals surface area contributed by atoms with Gasteiger partial charge in [-0.15, -0.1) is 0 Å². The molecular formula is C8H7NO5. The van der Waals surface area contributed by atoms with Crippen LogP contribution in [0.15, 0.2) is 16.5 Å². The van der Waals surface area contributed by atoms with Crippen LogP contribution in [-0.2, 0) is 4.79 Å².